The Balaban J connectivity index is 1.28. The zero-order valence-electron chi connectivity index (χ0n) is 19.5. The van der Waals surface area contributed by atoms with Gasteiger partial charge in [0, 0.05) is 50.5 Å². The van der Waals surface area contributed by atoms with Gasteiger partial charge >= 0.3 is 0 Å². The van der Waals surface area contributed by atoms with Crippen LogP contribution in [0.4, 0.5) is 5.69 Å². The Hall–Kier alpha value is -2.79. The number of likely N-dealkylation sites (tertiary alicyclic amines) is 1. The van der Waals surface area contributed by atoms with Crippen LogP contribution in [0.5, 0.6) is 0 Å². The number of rotatable bonds is 7. The molecule has 2 aliphatic rings. The minimum Gasteiger partial charge on any atom is -0.364 e. The summed E-state index contributed by atoms with van der Waals surface area (Å²) < 4.78 is 0. The fourth-order valence-electron chi connectivity index (χ4n) is 4.56. The lowest BCUT2D eigenvalue weighted by atomic mass is 10.0. The molecule has 1 atom stereocenters. The normalized spacial score (nSPS) is 18.7. The van der Waals surface area contributed by atoms with Crippen molar-refractivity contribution in [3.05, 3.63) is 77.9 Å². The second kappa shape index (κ2) is 11.2. The molecule has 2 aromatic carbocycles. The quantitative estimate of drug-likeness (QED) is 0.389. The summed E-state index contributed by atoms with van der Waals surface area (Å²) in [6.07, 6.45) is 6.72. The summed E-state index contributed by atoms with van der Waals surface area (Å²) in [7, 11) is 0. The van der Waals surface area contributed by atoms with Gasteiger partial charge in [-0.05, 0) is 49.9 Å². The zero-order chi connectivity index (χ0) is 22.2. The molecule has 5 nitrogen and oxygen atoms in total. The van der Waals surface area contributed by atoms with Crippen molar-refractivity contribution in [2.45, 2.75) is 45.3 Å². The molecule has 0 bridgehead atoms. The van der Waals surface area contributed by atoms with E-state index in [9.17, 15) is 0 Å². The summed E-state index contributed by atoms with van der Waals surface area (Å²) in [6, 6.07) is 20.6. The van der Waals surface area contributed by atoms with E-state index in [4.69, 9.17) is 4.99 Å². The number of hydrogen-bond donors (Lipinski definition) is 2. The van der Waals surface area contributed by atoms with Crippen molar-refractivity contribution in [1.29, 1.82) is 0 Å². The molecule has 0 radical (unpaired) electrons. The van der Waals surface area contributed by atoms with Crippen LogP contribution in [0, 0.1) is 0 Å². The van der Waals surface area contributed by atoms with E-state index >= 15 is 0 Å². The summed E-state index contributed by atoms with van der Waals surface area (Å²) in [4.78, 5) is 9.82. The first-order valence-electron chi connectivity index (χ1n) is 12.1. The first-order valence-corrected chi connectivity index (χ1v) is 12.1. The summed E-state index contributed by atoms with van der Waals surface area (Å²) in [6.45, 7) is 10.2. The molecule has 0 aliphatic carbocycles. The van der Waals surface area contributed by atoms with Gasteiger partial charge in [-0.1, -0.05) is 54.6 Å². The number of nitrogens with one attached hydrogen (secondary N) is 2. The van der Waals surface area contributed by atoms with Gasteiger partial charge in [-0.15, -0.1) is 0 Å². The Morgan fingerprint density at radius 2 is 1.69 bits per heavy atom. The maximum Gasteiger partial charge on any atom is 0.191 e. The molecule has 4 rings (SSSR count). The third-order valence-electron chi connectivity index (χ3n) is 6.58. The molecule has 1 unspecified atom stereocenters. The lowest BCUT2D eigenvalue weighted by molar-refractivity contribution is 0.158. The van der Waals surface area contributed by atoms with Gasteiger partial charge in [0.25, 0.3) is 0 Å². The summed E-state index contributed by atoms with van der Waals surface area (Å²) >= 11 is 0. The van der Waals surface area contributed by atoms with Crippen LogP contribution in [0.1, 0.15) is 43.9 Å². The first kappa shape index (κ1) is 22.4. The predicted octanol–water partition coefficient (Wildman–Crippen LogP) is 4.34. The maximum atomic E-state index is 4.86. The monoisotopic (exact) mass is 431 g/mol. The molecule has 0 aromatic heterocycles. The molecule has 5 heteroatoms. The summed E-state index contributed by atoms with van der Waals surface area (Å²) in [5, 5.41) is 7.10. The van der Waals surface area contributed by atoms with Gasteiger partial charge in [-0.3, -0.25) is 4.90 Å². The molecule has 2 aliphatic heterocycles. The van der Waals surface area contributed by atoms with Gasteiger partial charge < -0.3 is 15.5 Å². The third-order valence-corrected chi connectivity index (χ3v) is 6.58. The van der Waals surface area contributed by atoms with E-state index < -0.39 is 0 Å². The van der Waals surface area contributed by atoms with Crippen molar-refractivity contribution in [3.63, 3.8) is 0 Å². The highest BCUT2D eigenvalue weighted by Gasteiger charge is 2.24. The summed E-state index contributed by atoms with van der Waals surface area (Å²) in [5.41, 5.74) is 3.93. The van der Waals surface area contributed by atoms with Crippen LogP contribution in [0.2, 0.25) is 0 Å². The van der Waals surface area contributed by atoms with E-state index in [1.807, 2.05) is 0 Å². The van der Waals surface area contributed by atoms with Gasteiger partial charge in [-0.2, -0.15) is 0 Å². The first-order chi connectivity index (χ1) is 15.7. The van der Waals surface area contributed by atoms with Crippen LogP contribution in [0.25, 0.3) is 0 Å². The van der Waals surface area contributed by atoms with Crippen LogP contribution >= 0.6 is 0 Å². The minimum absolute atomic E-state index is 0.470. The van der Waals surface area contributed by atoms with Crippen LogP contribution in [0.15, 0.2) is 71.7 Å². The van der Waals surface area contributed by atoms with Gasteiger partial charge in [0.1, 0.15) is 0 Å². The van der Waals surface area contributed by atoms with Crippen molar-refractivity contribution in [2.75, 3.05) is 37.6 Å². The zero-order valence-corrected chi connectivity index (χ0v) is 19.5. The Morgan fingerprint density at radius 1 is 1.00 bits per heavy atom. The SMILES string of the molecule is CCNC(=NCc1ccc(N2CC=CC2)cc1)NC1CCN(C(C)c2ccccc2)CC1. The van der Waals surface area contributed by atoms with E-state index in [1.54, 1.807) is 0 Å². The van der Waals surface area contributed by atoms with Crippen molar-refractivity contribution >= 4 is 11.6 Å². The molecule has 0 saturated carbocycles. The number of anilines is 1. The van der Waals surface area contributed by atoms with Gasteiger partial charge in [-0.25, -0.2) is 4.99 Å². The van der Waals surface area contributed by atoms with Gasteiger partial charge in [0.15, 0.2) is 5.96 Å². The number of piperidine rings is 1. The topological polar surface area (TPSA) is 42.9 Å². The van der Waals surface area contributed by atoms with Crippen LogP contribution in [0.3, 0.4) is 0 Å². The molecule has 0 amide bonds. The van der Waals surface area contributed by atoms with Crippen molar-refractivity contribution in [2.24, 2.45) is 4.99 Å². The van der Waals surface area contributed by atoms with Gasteiger partial charge in [0.2, 0.25) is 0 Å². The Labute approximate surface area is 193 Å². The largest absolute Gasteiger partial charge is 0.364 e. The van der Waals surface area contributed by atoms with E-state index in [2.05, 4.69) is 101 Å². The van der Waals surface area contributed by atoms with Crippen molar-refractivity contribution in [1.82, 2.24) is 15.5 Å². The fraction of sp³-hybridized carbons (Fsp3) is 0.444. The Kier molecular flexibility index (Phi) is 7.83. The van der Waals surface area contributed by atoms with E-state index in [0.29, 0.717) is 18.6 Å². The molecule has 170 valence electrons. The molecule has 32 heavy (non-hydrogen) atoms. The molecule has 0 spiro atoms. The lowest BCUT2D eigenvalue weighted by Gasteiger charge is -2.37. The second-order valence-electron chi connectivity index (χ2n) is 8.78. The van der Waals surface area contributed by atoms with Crippen LogP contribution in [-0.4, -0.2) is 49.6 Å². The number of benzene rings is 2. The molecule has 2 heterocycles. The molecular formula is C27H37N5. The molecule has 1 fully saturated rings. The lowest BCUT2D eigenvalue weighted by Crippen LogP contribution is -2.49. The number of aliphatic imine (C=N–C) groups is 1. The number of nitrogens with zero attached hydrogens (tertiary/aromatic N) is 3. The minimum atomic E-state index is 0.470. The van der Waals surface area contributed by atoms with E-state index in [1.165, 1.54) is 16.8 Å². The van der Waals surface area contributed by atoms with Crippen LogP contribution in [-0.2, 0) is 6.54 Å². The molecule has 2 aromatic rings. The van der Waals surface area contributed by atoms with Crippen molar-refractivity contribution in [3.8, 4) is 0 Å². The molecule has 1 saturated heterocycles. The van der Waals surface area contributed by atoms with Gasteiger partial charge in [0.05, 0.1) is 6.54 Å². The summed E-state index contributed by atoms with van der Waals surface area (Å²) in [5.74, 6) is 0.926. The average Bonchev–Trinajstić information content (AvgIpc) is 3.39. The maximum absolute atomic E-state index is 4.86. The van der Waals surface area contributed by atoms with Crippen molar-refractivity contribution < 1.29 is 0 Å². The van der Waals surface area contributed by atoms with Crippen LogP contribution < -0.4 is 15.5 Å². The highest BCUT2D eigenvalue weighted by atomic mass is 15.2. The average molecular weight is 432 g/mol. The van der Waals surface area contributed by atoms with E-state index in [-0.39, 0.29) is 0 Å². The fourth-order valence-corrected chi connectivity index (χ4v) is 4.56. The number of guanidine groups is 1. The molecule has 2 N–H and O–H groups in total. The predicted molar refractivity (Wildman–Crippen MR) is 135 cm³/mol. The number of hydrogen-bond acceptors (Lipinski definition) is 3. The highest BCUT2D eigenvalue weighted by molar-refractivity contribution is 5.80. The second-order valence-corrected chi connectivity index (χ2v) is 8.78. The third kappa shape index (κ3) is 5.92. The highest BCUT2D eigenvalue weighted by Crippen LogP contribution is 2.24. The molecular weight excluding hydrogens is 394 g/mol. The van der Waals surface area contributed by atoms with E-state index in [0.717, 1.165) is 51.5 Å². The Bertz CT molecular complexity index is 874. The standard InChI is InChI=1S/C27H37N5/c1-3-28-27(29-21-23-11-13-26(14-12-23)32-17-7-8-18-32)30-25-15-19-31(20-16-25)22(2)24-9-5-4-6-10-24/h4-14,22,25H,3,15-21H2,1-2H3,(H2,28,29,30). The Morgan fingerprint density at radius 3 is 2.34 bits per heavy atom. The smallest absolute Gasteiger partial charge is 0.191 e.